The number of rotatable bonds is 8. The molecule has 36 heavy (non-hydrogen) atoms. The summed E-state index contributed by atoms with van der Waals surface area (Å²) in [7, 11) is 1.56. The fraction of sp³-hybridized carbons (Fsp3) is 0.250. The fourth-order valence-corrected chi connectivity index (χ4v) is 5.12. The van der Waals surface area contributed by atoms with Crippen LogP contribution < -0.4 is 24.4 Å². The molecule has 2 heterocycles. The fourth-order valence-electron chi connectivity index (χ4n) is 4.12. The summed E-state index contributed by atoms with van der Waals surface area (Å²) in [5.41, 5.74) is 2.20. The number of allylic oxidation sites excluding steroid dienone is 2. The van der Waals surface area contributed by atoms with E-state index in [4.69, 9.17) is 14.2 Å². The quantitative estimate of drug-likeness (QED) is 0.435. The van der Waals surface area contributed by atoms with E-state index in [1.807, 2.05) is 61.5 Å². The van der Waals surface area contributed by atoms with E-state index in [1.54, 1.807) is 37.7 Å². The first-order valence-electron chi connectivity index (χ1n) is 11.7. The van der Waals surface area contributed by atoms with Crippen molar-refractivity contribution in [3.8, 4) is 11.5 Å². The summed E-state index contributed by atoms with van der Waals surface area (Å²) in [6.45, 7) is 5.96. The highest BCUT2D eigenvalue weighted by molar-refractivity contribution is 7.07. The molecule has 0 fully saturated rings. The minimum Gasteiger partial charge on any atom is -0.493 e. The van der Waals surface area contributed by atoms with E-state index in [-0.39, 0.29) is 12.2 Å². The van der Waals surface area contributed by atoms with Crippen LogP contribution in [0.2, 0.25) is 0 Å². The molecule has 1 aromatic heterocycles. The number of methoxy groups -OCH3 is 1. The van der Waals surface area contributed by atoms with Crippen LogP contribution in [0.3, 0.4) is 0 Å². The Balaban J connectivity index is 1.93. The summed E-state index contributed by atoms with van der Waals surface area (Å²) < 4.78 is 18.9. The number of carbonyl (C=O) groups is 1. The van der Waals surface area contributed by atoms with Crippen molar-refractivity contribution >= 4 is 29.5 Å². The number of thiazole rings is 1. The number of aromatic nitrogens is 1. The predicted molar refractivity (Wildman–Crippen MR) is 141 cm³/mol. The Bertz CT molecular complexity index is 1500. The molecule has 7 nitrogen and oxygen atoms in total. The van der Waals surface area contributed by atoms with Crippen LogP contribution in [0.15, 0.2) is 75.7 Å². The van der Waals surface area contributed by atoms with Gasteiger partial charge in [-0.3, -0.25) is 9.36 Å². The van der Waals surface area contributed by atoms with Gasteiger partial charge in [0.15, 0.2) is 16.3 Å². The third-order valence-electron chi connectivity index (χ3n) is 5.67. The molecule has 0 amide bonds. The average Bonchev–Trinajstić information content (AvgIpc) is 3.19. The van der Waals surface area contributed by atoms with Crippen molar-refractivity contribution < 1.29 is 19.0 Å². The van der Waals surface area contributed by atoms with Gasteiger partial charge in [-0.05, 0) is 38.5 Å². The first-order chi connectivity index (χ1) is 17.5. The maximum atomic E-state index is 13.7. The molecule has 8 heteroatoms. The van der Waals surface area contributed by atoms with Crippen LogP contribution in [-0.2, 0) is 9.53 Å². The molecule has 1 aliphatic rings. The summed E-state index contributed by atoms with van der Waals surface area (Å²) in [4.78, 5) is 31.9. The Labute approximate surface area is 213 Å². The van der Waals surface area contributed by atoms with Crippen molar-refractivity contribution in [2.24, 2.45) is 4.99 Å². The summed E-state index contributed by atoms with van der Waals surface area (Å²) in [5, 5.41) is 0. The minimum absolute atomic E-state index is 0.202. The number of para-hydroxylation sites is 1. The van der Waals surface area contributed by atoms with Crippen LogP contribution in [0, 0.1) is 0 Å². The lowest BCUT2D eigenvalue weighted by molar-refractivity contribution is -0.139. The highest BCUT2D eigenvalue weighted by Gasteiger charge is 2.35. The van der Waals surface area contributed by atoms with Crippen LogP contribution in [-0.4, -0.2) is 30.9 Å². The number of ether oxygens (including phenoxy) is 3. The zero-order valence-corrected chi connectivity index (χ0v) is 21.5. The molecule has 0 aliphatic carbocycles. The molecule has 0 bridgehead atoms. The maximum Gasteiger partial charge on any atom is 0.338 e. The highest BCUT2D eigenvalue weighted by atomic mass is 32.1. The second-order valence-corrected chi connectivity index (χ2v) is 8.92. The van der Waals surface area contributed by atoms with Gasteiger partial charge < -0.3 is 14.2 Å². The maximum absolute atomic E-state index is 13.7. The van der Waals surface area contributed by atoms with Gasteiger partial charge in [0.2, 0.25) is 0 Å². The molecular weight excluding hydrogens is 476 g/mol. The molecule has 0 unspecified atom stereocenters. The van der Waals surface area contributed by atoms with Crippen LogP contribution >= 0.6 is 11.3 Å². The third-order valence-corrected chi connectivity index (χ3v) is 6.67. The van der Waals surface area contributed by atoms with Gasteiger partial charge >= 0.3 is 5.97 Å². The number of nitrogens with zero attached hydrogens (tertiary/aromatic N) is 2. The van der Waals surface area contributed by atoms with E-state index in [1.165, 1.54) is 11.3 Å². The standard InChI is InChI=1S/C28H28N2O5S/c1-5-34-25-20(15-11-16-21(25)33-4)24-23(27(32)35-6-2)18(3)29-28-30(24)26(31)22(36-28)17-10-14-19-12-8-7-9-13-19/h7-17,24H,5-6H2,1-4H3/b14-10+,22-17?/t24-/m0/s1. The Morgan fingerprint density at radius 2 is 1.89 bits per heavy atom. The Hall–Kier alpha value is -3.91. The Morgan fingerprint density at radius 3 is 2.58 bits per heavy atom. The number of esters is 1. The van der Waals surface area contributed by atoms with Crippen LogP contribution in [0.1, 0.15) is 37.9 Å². The molecule has 186 valence electrons. The number of carbonyl (C=O) groups excluding carboxylic acids is 1. The molecule has 0 spiro atoms. The molecule has 1 atom stereocenters. The average molecular weight is 505 g/mol. The van der Waals surface area contributed by atoms with Gasteiger partial charge in [0, 0.05) is 5.56 Å². The first kappa shape index (κ1) is 25.2. The van der Waals surface area contributed by atoms with E-state index in [9.17, 15) is 9.59 Å². The molecule has 4 rings (SSSR count). The van der Waals surface area contributed by atoms with Crippen molar-refractivity contribution in [1.29, 1.82) is 0 Å². The van der Waals surface area contributed by atoms with Crippen molar-refractivity contribution in [1.82, 2.24) is 4.57 Å². The van der Waals surface area contributed by atoms with E-state index >= 15 is 0 Å². The summed E-state index contributed by atoms with van der Waals surface area (Å²) in [6.07, 6.45) is 5.54. The largest absolute Gasteiger partial charge is 0.493 e. The first-order valence-corrected chi connectivity index (χ1v) is 12.5. The number of benzene rings is 2. The number of hydrogen-bond donors (Lipinski definition) is 0. The smallest absolute Gasteiger partial charge is 0.338 e. The molecule has 0 saturated heterocycles. The zero-order valence-electron chi connectivity index (χ0n) is 20.7. The molecule has 2 aromatic carbocycles. The highest BCUT2D eigenvalue weighted by Crippen LogP contribution is 2.40. The van der Waals surface area contributed by atoms with E-state index < -0.39 is 12.0 Å². The van der Waals surface area contributed by atoms with Gasteiger partial charge in [-0.25, -0.2) is 9.79 Å². The second-order valence-electron chi connectivity index (χ2n) is 7.91. The number of hydrogen-bond acceptors (Lipinski definition) is 7. The molecule has 0 saturated carbocycles. The van der Waals surface area contributed by atoms with Gasteiger partial charge in [-0.15, -0.1) is 0 Å². The van der Waals surface area contributed by atoms with Gasteiger partial charge in [0.1, 0.15) is 6.04 Å². The second kappa shape index (κ2) is 11.2. The summed E-state index contributed by atoms with van der Waals surface area (Å²) in [5.74, 6) is 0.468. The van der Waals surface area contributed by atoms with E-state index in [0.717, 1.165) is 5.56 Å². The molecule has 0 radical (unpaired) electrons. The van der Waals surface area contributed by atoms with Crippen molar-refractivity contribution in [2.75, 3.05) is 20.3 Å². The Kier molecular flexibility index (Phi) is 7.85. The van der Waals surface area contributed by atoms with Crippen molar-refractivity contribution in [2.45, 2.75) is 26.8 Å². The molecular formula is C28H28N2O5S. The normalized spacial score (nSPS) is 15.6. The molecule has 3 aromatic rings. The van der Waals surface area contributed by atoms with Gasteiger partial charge in [0.25, 0.3) is 5.56 Å². The third kappa shape index (κ3) is 4.90. The minimum atomic E-state index is -0.780. The van der Waals surface area contributed by atoms with Crippen LogP contribution in [0.5, 0.6) is 11.5 Å². The Morgan fingerprint density at radius 1 is 1.11 bits per heavy atom. The lowest BCUT2D eigenvalue weighted by atomic mass is 9.94. The topological polar surface area (TPSA) is 79.1 Å². The lowest BCUT2D eigenvalue weighted by Crippen LogP contribution is -2.40. The van der Waals surface area contributed by atoms with Gasteiger partial charge in [-0.2, -0.15) is 0 Å². The van der Waals surface area contributed by atoms with Gasteiger partial charge in [-0.1, -0.05) is 66.0 Å². The number of fused-ring (bicyclic) bond motifs is 1. The van der Waals surface area contributed by atoms with Crippen LogP contribution in [0.4, 0.5) is 0 Å². The van der Waals surface area contributed by atoms with Crippen LogP contribution in [0.25, 0.3) is 12.2 Å². The van der Waals surface area contributed by atoms with E-state index in [0.29, 0.717) is 44.3 Å². The molecule has 1 aliphatic heterocycles. The molecule has 0 N–H and O–H groups in total. The van der Waals surface area contributed by atoms with Gasteiger partial charge in [0.05, 0.1) is 36.1 Å². The predicted octanol–water partition coefficient (Wildman–Crippen LogP) is 3.87. The zero-order chi connectivity index (χ0) is 25.7. The lowest BCUT2D eigenvalue weighted by Gasteiger charge is -2.26. The monoisotopic (exact) mass is 504 g/mol. The van der Waals surface area contributed by atoms with E-state index in [2.05, 4.69) is 4.99 Å². The summed E-state index contributed by atoms with van der Waals surface area (Å²) in [6, 6.07) is 14.5. The summed E-state index contributed by atoms with van der Waals surface area (Å²) >= 11 is 1.27. The van der Waals surface area contributed by atoms with Crippen molar-refractivity contribution in [3.63, 3.8) is 0 Å². The SMILES string of the molecule is CCOC(=O)C1=C(C)N=c2sc(=C/C=C/c3ccccc3)c(=O)n2[C@H]1c1cccc(OC)c1OCC. The van der Waals surface area contributed by atoms with Crippen molar-refractivity contribution in [3.05, 3.63) is 96.7 Å².